The largest absolute Gasteiger partial charge is 0.337 e. The van der Waals surface area contributed by atoms with Crippen LogP contribution in [0.4, 0.5) is 0 Å². The summed E-state index contributed by atoms with van der Waals surface area (Å²) < 4.78 is 23.5. The van der Waals surface area contributed by atoms with Gasteiger partial charge >= 0.3 is 0 Å². The number of rotatable bonds is 4. The third-order valence-corrected chi connectivity index (χ3v) is 6.87. The number of hydrogen-bond donors (Lipinski definition) is 0. The molecule has 0 aromatic carbocycles. The predicted octanol–water partition coefficient (Wildman–Crippen LogP) is 1.36. The van der Waals surface area contributed by atoms with Crippen molar-refractivity contribution in [2.24, 2.45) is 0 Å². The van der Waals surface area contributed by atoms with Gasteiger partial charge in [0.05, 0.1) is 11.5 Å². The minimum Gasteiger partial charge on any atom is -0.337 e. The average Bonchev–Trinajstić information content (AvgIpc) is 3.02. The Balaban J connectivity index is 1.77. The second kappa shape index (κ2) is 7.73. The maximum absolute atomic E-state index is 12.9. The second-order valence-electron chi connectivity index (χ2n) is 6.93. The highest BCUT2D eigenvalue weighted by atomic mass is 32.2. The molecule has 2 saturated heterocycles. The van der Waals surface area contributed by atoms with Crippen LogP contribution < -0.4 is 0 Å². The summed E-state index contributed by atoms with van der Waals surface area (Å²) in [4.78, 5) is 33.0. The van der Waals surface area contributed by atoms with Crippen LogP contribution in [0.1, 0.15) is 53.5 Å². The molecule has 0 spiro atoms. The van der Waals surface area contributed by atoms with E-state index in [1.807, 2.05) is 6.92 Å². The van der Waals surface area contributed by atoms with Gasteiger partial charge in [0.15, 0.2) is 9.84 Å². The van der Waals surface area contributed by atoms with Crippen LogP contribution in [-0.2, 0) is 9.84 Å². The van der Waals surface area contributed by atoms with Gasteiger partial charge < -0.3 is 9.80 Å². The summed E-state index contributed by atoms with van der Waals surface area (Å²) in [6.07, 6.45) is 5.05. The number of likely N-dealkylation sites (tertiary alicyclic amines) is 1. The Hall–Kier alpha value is -1.96. The summed E-state index contributed by atoms with van der Waals surface area (Å²) in [6, 6.07) is 2.82. The zero-order chi connectivity index (χ0) is 18.7. The summed E-state index contributed by atoms with van der Waals surface area (Å²) in [5, 5.41) is 0. The van der Waals surface area contributed by atoms with Crippen molar-refractivity contribution < 1.29 is 18.0 Å². The number of nitrogens with zero attached hydrogens (tertiary/aromatic N) is 3. The summed E-state index contributed by atoms with van der Waals surface area (Å²) in [5.74, 6) is -0.260. The van der Waals surface area contributed by atoms with Crippen LogP contribution in [0.3, 0.4) is 0 Å². The molecule has 0 aliphatic carbocycles. The second-order valence-corrected chi connectivity index (χ2v) is 9.16. The monoisotopic (exact) mass is 379 g/mol. The molecule has 1 aromatic rings. The standard InChI is InChI=1S/C18H25N3O4S/c1-2-21(15-7-11-26(24,25)13-15)17(22)14-6-8-19-16(12-14)18(23)20-9-4-3-5-10-20/h6,8,12,15H,2-5,7,9-11,13H2,1H3. The molecule has 3 heterocycles. The number of carbonyl (C=O) groups is 2. The normalized spacial score (nSPS) is 22.2. The van der Waals surface area contributed by atoms with E-state index in [0.29, 0.717) is 18.5 Å². The Morgan fingerprint density at radius 3 is 2.62 bits per heavy atom. The average molecular weight is 379 g/mol. The van der Waals surface area contributed by atoms with Crippen LogP contribution >= 0.6 is 0 Å². The van der Waals surface area contributed by atoms with Crippen LogP contribution in [0, 0.1) is 0 Å². The molecule has 8 heteroatoms. The molecule has 0 N–H and O–H groups in total. The van der Waals surface area contributed by atoms with Crippen LogP contribution in [0.25, 0.3) is 0 Å². The van der Waals surface area contributed by atoms with Gasteiger partial charge in [-0.05, 0) is 44.7 Å². The topological polar surface area (TPSA) is 87.7 Å². The molecule has 26 heavy (non-hydrogen) atoms. The fraction of sp³-hybridized carbons (Fsp3) is 0.611. The molecule has 1 unspecified atom stereocenters. The van der Waals surface area contributed by atoms with Crippen LogP contribution in [0.15, 0.2) is 18.3 Å². The molecule has 2 amide bonds. The van der Waals surface area contributed by atoms with E-state index >= 15 is 0 Å². The van der Waals surface area contributed by atoms with E-state index in [1.54, 1.807) is 15.9 Å². The van der Waals surface area contributed by atoms with Crippen LogP contribution in [0.2, 0.25) is 0 Å². The van der Waals surface area contributed by atoms with E-state index < -0.39 is 9.84 Å². The first kappa shape index (κ1) is 18.8. The van der Waals surface area contributed by atoms with Crippen LogP contribution in [0.5, 0.6) is 0 Å². The van der Waals surface area contributed by atoms with Gasteiger partial charge in [0, 0.05) is 37.4 Å². The van der Waals surface area contributed by atoms with Crippen molar-refractivity contribution in [1.82, 2.24) is 14.8 Å². The fourth-order valence-electron chi connectivity index (χ4n) is 3.69. The van der Waals surface area contributed by atoms with E-state index in [1.165, 1.54) is 12.3 Å². The molecule has 1 aromatic heterocycles. The third kappa shape index (κ3) is 4.06. The molecule has 0 radical (unpaired) electrons. The van der Waals surface area contributed by atoms with Crippen molar-refractivity contribution in [2.45, 2.75) is 38.6 Å². The summed E-state index contributed by atoms with van der Waals surface area (Å²) in [5.41, 5.74) is 0.652. The predicted molar refractivity (Wildman–Crippen MR) is 97.8 cm³/mol. The quantitative estimate of drug-likeness (QED) is 0.788. The first-order chi connectivity index (χ1) is 12.4. The number of sulfone groups is 1. The third-order valence-electron chi connectivity index (χ3n) is 5.12. The molecule has 3 rings (SSSR count). The molecule has 142 valence electrons. The minimum atomic E-state index is -3.07. The van der Waals surface area contributed by atoms with Gasteiger partial charge in [0.1, 0.15) is 5.69 Å². The highest BCUT2D eigenvalue weighted by Gasteiger charge is 2.34. The number of hydrogen-bond acceptors (Lipinski definition) is 5. The van der Waals surface area contributed by atoms with Gasteiger partial charge in [-0.25, -0.2) is 8.42 Å². The lowest BCUT2D eigenvalue weighted by atomic mass is 10.1. The Bertz CT molecular complexity index is 787. The van der Waals surface area contributed by atoms with Gasteiger partial charge in [0.25, 0.3) is 11.8 Å². The SMILES string of the molecule is CCN(C(=O)c1ccnc(C(=O)N2CCCCC2)c1)C1CCS(=O)(=O)C1. The van der Waals surface area contributed by atoms with Crippen molar-refractivity contribution in [3.63, 3.8) is 0 Å². The zero-order valence-electron chi connectivity index (χ0n) is 15.1. The molecule has 0 saturated carbocycles. The van der Waals surface area contributed by atoms with Crippen molar-refractivity contribution >= 4 is 21.7 Å². The van der Waals surface area contributed by atoms with Crippen LogP contribution in [-0.4, -0.2) is 72.2 Å². The molecule has 2 aliphatic heterocycles. The fourth-order valence-corrected chi connectivity index (χ4v) is 5.42. The molecular weight excluding hydrogens is 354 g/mol. The Kier molecular flexibility index (Phi) is 5.60. The lowest BCUT2D eigenvalue weighted by Gasteiger charge is -2.28. The maximum Gasteiger partial charge on any atom is 0.272 e. The van der Waals surface area contributed by atoms with E-state index in [2.05, 4.69) is 4.98 Å². The maximum atomic E-state index is 12.9. The first-order valence-corrected chi connectivity index (χ1v) is 11.0. The zero-order valence-corrected chi connectivity index (χ0v) is 15.9. The van der Waals surface area contributed by atoms with Gasteiger partial charge in [-0.3, -0.25) is 14.6 Å². The van der Waals surface area contributed by atoms with Gasteiger partial charge in [0.2, 0.25) is 0 Å². The van der Waals surface area contributed by atoms with Crippen molar-refractivity contribution in [3.8, 4) is 0 Å². The highest BCUT2D eigenvalue weighted by molar-refractivity contribution is 7.91. The molecule has 2 aliphatic rings. The number of carbonyl (C=O) groups excluding carboxylic acids is 2. The molecule has 7 nitrogen and oxygen atoms in total. The summed E-state index contributed by atoms with van der Waals surface area (Å²) in [7, 11) is -3.07. The van der Waals surface area contributed by atoms with Gasteiger partial charge in [-0.2, -0.15) is 0 Å². The van der Waals surface area contributed by atoms with Gasteiger partial charge in [-0.15, -0.1) is 0 Å². The lowest BCUT2D eigenvalue weighted by molar-refractivity contribution is 0.0707. The smallest absolute Gasteiger partial charge is 0.272 e. The number of amides is 2. The van der Waals surface area contributed by atoms with Crippen molar-refractivity contribution in [2.75, 3.05) is 31.1 Å². The summed E-state index contributed by atoms with van der Waals surface area (Å²) in [6.45, 7) is 3.71. The molecule has 2 fully saturated rings. The van der Waals surface area contributed by atoms with Gasteiger partial charge in [-0.1, -0.05) is 0 Å². The minimum absolute atomic E-state index is 0.0111. The number of aromatic nitrogens is 1. The Morgan fingerprint density at radius 1 is 1.27 bits per heavy atom. The summed E-state index contributed by atoms with van der Waals surface area (Å²) >= 11 is 0. The number of piperidine rings is 1. The van der Waals surface area contributed by atoms with E-state index in [-0.39, 0.29) is 35.1 Å². The highest BCUT2D eigenvalue weighted by Crippen LogP contribution is 2.20. The first-order valence-electron chi connectivity index (χ1n) is 9.18. The van der Waals surface area contributed by atoms with E-state index in [4.69, 9.17) is 0 Å². The molecule has 1 atom stereocenters. The molecular formula is C18H25N3O4S. The Labute approximate surface area is 154 Å². The molecule has 0 bridgehead atoms. The van der Waals surface area contributed by atoms with E-state index in [9.17, 15) is 18.0 Å². The lowest BCUT2D eigenvalue weighted by Crippen LogP contribution is -2.41. The number of pyridine rings is 1. The van der Waals surface area contributed by atoms with E-state index in [0.717, 1.165) is 32.4 Å². The Morgan fingerprint density at radius 2 is 2.00 bits per heavy atom. The van der Waals surface area contributed by atoms with Crippen molar-refractivity contribution in [1.29, 1.82) is 0 Å². The van der Waals surface area contributed by atoms with Crippen molar-refractivity contribution in [3.05, 3.63) is 29.6 Å².